The van der Waals surface area contributed by atoms with Crippen LogP contribution in [0.3, 0.4) is 0 Å². The van der Waals surface area contributed by atoms with Crippen LogP contribution in [-0.4, -0.2) is 46.8 Å². The van der Waals surface area contributed by atoms with Crippen LogP contribution in [-0.2, 0) is 4.74 Å². The molecule has 0 aromatic heterocycles. The molecule has 0 radical (unpaired) electrons. The Morgan fingerprint density at radius 3 is 2.46 bits per heavy atom. The van der Waals surface area contributed by atoms with Crippen molar-refractivity contribution >= 4 is 0 Å². The van der Waals surface area contributed by atoms with Crippen LogP contribution in [0.1, 0.15) is 13.8 Å². The number of ether oxygens (including phenoxy) is 1. The molecule has 4 unspecified atom stereocenters. The average molecular weight is 190 g/mol. The predicted octanol–water partition coefficient (Wildman–Crippen LogP) is -0.629. The monoisotopic (exact) mass is 190 g/mol. The lowest BCUT2D eigenvalue weighted by Gasteiger charge is -2.39. The van der Waals surface area contributed by atoms with E-state index in [1.807, 2.05) is 13.8 Å². The molecule has 1 heterocycles. The van der Waals surface area contributed by atoms with Crippen LogP contribution in [0.4, 0.5) is 0 Å². The first kappa shape index (κ1) is 10.9. The van der Waals surface area contributed by atoms with Gasteiger partial charge in [-0.1, -0.05) is 13.8 Å². The van der Waals surface area contributed by atoms with Crippen LogP contribution in [0, 0.1) is 11.8 Å². The van der Waals surface area contributed by atoms with Gasteiger partial charge in [-0.05, 0) is 5.92 Å². The second kappa shape index (κ2) is 4.37. The maximum Gasteiger partial charge on any atom is 0.104 e. The van der Waals surface area contributed by atoms with Gasteiger partial charge in [0.25, 0.3) is 0 Å². The summed E-state index contributed by atoms with van der Waals surface area (Å²) in [6.45, 7) is 3.89. The van der Waals surface area contributed by atoms with Crippen molar-refractivity contribution in [2.75, 3.05) is 13.2 Å². The maximum atomic E-state index is 9.67. The molecule has 0 spiro atoms. The number of aliphatic hydroxyl groups is 3. The minimum Gasteiger partial charge on any atom is -0.394 e. The fourth-order valence-corrected chi connectivity index (χ4v) is 1.91. The van der Waals surface area contributed by atoms with E-state index in [2.05, 4.69) is 0 Å². The zero-order valence-electron chi connectivity index (χ0n) is 8.05. The summed E-state index contributed by atoms with van der Waals surface area (Å²) in [6.07, 6.45) is -1.96. The zero-order chi connectivity index (χ0) is 10.0. The molecular formula is C9H18O4. The summed E-state index contributed by atoms with van der Waals surface area (Å²) in [5.74, 6) is -0.00384. The van der Waals surface area contributed by atoms with E-state index >= 15 is 0 Å². The van der Waals surface area contributed by atoms with Crippen molar-refractivity contribution in [1.82, 2.24) is 0 Å². The van der Waals surface area contributed by atoms with Crippen molar-refractivity contribution in [3.8, 4) is 0 Å². The van der Waals surface area contributed by atoms with Crippen molar-refractivity contribution in [2.45, 2.75) is 32.2 Å². The average Bonchev–Trinajstić information content (AvgIpc) is 2.08. The Labute approximate surface area is 78.1 Å². The van der Waals surface area contributed by atoms with Crippen LogP contribution in [0.15, 0.2) is 0 Å². The second-order valence-electron chi connectivity index (χ2n) is 3.93. The molecule has 4 heteroatoms. The summed E-state index contributed by atoms with van der Waals surface area (Å²) < 4.78 is 5.22. The first-order valence-electron chi connectivity index (χ1n) is 4.66. The third kappa shape index (κ3) is 2.20. The van der Waals surface area contributed by atoms with Crippen LogP contribution in [0.5, 0.6) is 0 Å². The predicted molar refractivity (Wildman–Crippen MR) is 47.2 cm³/mol. The van der Waals surface area contributed by atoms with Gasteiger partial charge in [0.05, 0.1) is 25.4 Å². The number of hydrogen-bond donors (Lipinski definition) is 3. The van der Waals surface area contributed by atoms with Gasteiger partial charge < -0.3 is 20.1 Å². The Hall–Kier alpha value is -0.160. The summed E-state index contributed by atoms with van der Waals surface area (Å²) in [5.41, 5.74) is 0. The van der Waals surface area contributed by atoms with Gasteiger partial charge in [-0.2, -0.15) is 0 Å². The Morgan fingerprint density at radius 1 is 1.38 bits per heavy atom. The van der Waals surface area contributed by atoms with Gasteiger partial charge in [-0.25, -0.2) is 0 Å². The summed E-state index contributed by atoms with van der Waals surface area (Å²) >= 11 is 0. The molecule has 0 bridgehead atoms. The van der Waals surface area contributed by atoms with Crippen LogP contribution in [0.25, 0.3) is 0 Å². The van der Waals surface area contributed by atoms with Gasteiger partial charge in [0.2, 0.25) is 0 Å². The topological polar surface area (TPSA) is 69.9 Å². The minimum absolute atomic E-state index is 0.105. The maximum absolute atomic E-state index is 9.67. The van der Waals surface area contributed by atoms with E-state index in [1.54, 1.807) is 0 Å². The molecule has 0 amide bonds. The van der Waals surface area contributed by atoms with Gasteiger partial charge in [0, 0.05) is 5.92 Å². The quantitative estimate of drug-likeness (QED) is 0.542. The highest BCUT2D eigenvalue weighted by Crippen LogP contribution is 2.28. The number of rotatable bonds is 2. The fourth-order valence-electron chi connectivity index (χ4n) is 1.91. The molecule has 0 aromatic carbocycles. The van der Waals surface area contributed by atoms with Crippen LogP contribution >= 0.6 is 0 Å². The Balaban J connectivity index is 2.68. The van der Waals surface area contributed by atoms with E-state index in [1.165, 1.54) is 0 Å². The van der Waals surface area contributed by atoms with Crippen molar-refractivity contribution < 1.29 is 20.1 Å². The van der Waals surface area contributed by atoms with Gasteiger partial charge >= 0.3 is 0 Å². The van der Waals surface area contributed by atoms with Crippen molar-refractivity contribution in [3.63, 3.8) is 0 Å². The zero-order valence-corrected chi connectivity index (χ0v) is 8.05. The first-order chi connectivity index (χ1) is 6.07. The normalized spacial score (nSPS) is 41.1. The van der Waals surface area contributed by atoms with Crippen molar-refractivity contribution in [2.24, 2.45) is 11.8 Å². The van der Waals surface area contributed by atoms with Crippen molar-refractivity contribution in [1.29, 1.82) is 0 Å². The van der Waals surface area contributed by atoms with Crippen molar-refractivity contribution in [3.05, 3.63) is 0 Å². The van der Waals surface area contributed by atoms with Crippen LogP contribution in [0.2, 0.25) is 0 Å². The molecule has 1 rings (SSSR count). The first-order valence-corrected chi connectivity index (χ1v) is 4.66. The highest BCUT2D eigenvalue weighted by molar-refractivity contribution is 4.87. The molecule has 0 saturated carbocycles. The second-order valence-corrected chi connectivity index (χ2v) is 3.93. The molecule has 1 aliphatic heterocycles. The molecule has 13 heavy (non-hydrogen) atoms. The molecule has 78 valence electrons. The van der Waals surface area contributed by atoms with Gasteiger partial charge in [0.1, 0.15) is 6.10 Å². The molecule has 0 aromatic rings. The highest BCUT2D eigenvalue weighted by atomic mass is 16.5. The fraction of sp³-hybridized carbons (Fsp3) is 1.00. The molecule has 4 nitrogen and oxygen atoms in total. The highest BCUT2D eigenvalue weighted by Gasteiger charge is 2.39. The lowest BCUT2D eigenvalue weighted by Crippen LogP contribution is -2.52. The summed E-state index contributed by atoms with van der Waals surface area (Å²) in [4.78, 5) is 0. The summed E-state index contributed by atoms with van der Waals surface area (Å²) in [5, 5.41) is 28.0. The third-order valence-electron chi connectivity index (χ3n) is 2.65. The number of hydrogen-bond acceptors (Lipinski definition) is 4. The van der Waals surface area contributed by atoms with E-state index in [0.29, 0.717) is 0 Å². The number of aliphatic hydroxyl groups excluding tert-OH is 3. The van der Waals surface area contributed by atoms with Gasteiger partial charge in [-0.3, -0.25) is 0 Å². The van der Waals surface area contributed by atoms with Crippen LogP contribution < -0.4 is 0 Å². The van der Waals surface area contributed by atoms with Gasteiger partial charge in [0.15, 0.2) is 0 Å². The molecule has 1 fully saturated rings. The smallest absolute Gasteiger partial charge is 0.104 e. The largest absolute Gasteiger partial charge is 0.394 e. The Kier molecular flexibility index (Phi) is 3.67. The Bertz CT molecular complexity index is 158. The van der Waals surface area contributed by atoms with E-state index in [9.17, 15) is 10.2 Å². The molecule has 1 aliphatic rings. The SMILES string of the molecule is CC(C)C1C(CO)OCC(O)C1O. The molecule has 1 saturated heterocycles. The van der Waals surface area contributed by atoms with E-state index in [4.69, 9.17) is 9.84 Å². The third-order valence-corrected chi connectivity index (χ3v) is 2.65. The van der Waals surface area contributed by atoms with E-state index in [0.717, 1.165) is 0 Å². The molecular weight excluding hydrogens is 172 g/mol. The minimum atomic E-state index is -0.824. The summed E-state index contributed by atoms with van der Waals surface area (Å²) in [6, 6.07) is 0. The molecule has 0 aliphatic carbocycles. The van der Waals surface area contributed by atoms with E-state index in [-0.39, 0.29) is 31.2 Å². The lowest BCUT2D eigenvalue weighted by atomic mass is 9.81. The van der Waals surface area contributed by atoms with Gasteiger partial charge in [-0.15, -0.1) is 0 Å². The lowest BCUT2D eigenvalue weighted by molar-refractivity contribution is -0.178. The standard InChI is InChI=1S/C9H18O4/c1-5(2)8-7(3-10)13-4-6(11)9(8)12/h5-12H,3-4H2,1-2H3. The summed E-state index contributed by atoms with van der Waals surface area (Å²) in [7, 11) is 0. The van der Waals surface area contributed by atoms with E-state index < -0.39 is 12.2 Å². The molecule has 3 N–H and O–H groups in total. The Morgan fingerprint density at radius 2 is 2.00 bits per heavy atom. The molecule has 4 atom stereocenters.